The number of carbonyl (C=O) groups excluding carboxylic acids is 3. The highest BCUT2D eigenvalue weighted by Crippen LogP contribution is 2.22. The van der Waals surface area contributed by atoms with Crippen LogP contribution < -0.4 is 20.9 Å². The van der Waals surface area contributed by atoms with Gasteiger partial charge in [0, 0.05) is 16.8 Å². The molecule has 0 aliphatic rings. The molecule has 3 rings (SSSR count). The van der Waals surface area contributed by atoms with Crippen molar-refractivity contribution in [2.75, 3.05) is 11.9 Å². The number of amides is 3. The standard InChI is InChI=1S/C27H29N3O4/c1-18-6-5-7-23(16-18)34-17-24(31)29-30-26(33)20-10-14-22(15-11-20)28-25(32)19-8-12-21(13-9-19)27(2,3)4/h5-16H,17H2,1-4H3,(H,28,32)(H,29,31)(H,30,33). The molecule has 0 spiro atoms. The summed E-state index contributed by atoms with van der Waals surface area (Å²) in [6.45, 7) is 8.04. The molecule has 0 heterocycles. The molecule has 0 saturated heterocycles. The minimum absolute atomic E-state index is 0.0128. The van der Waals surface area contributed by atoms with Crippen molar-refractivity contribution in [2.45, 2.75) is 33.1 Å². The minimum atomic E-state index is -0.490. The van der Waals surface area contributed by atoms with Gasteiger partial charge in [-0.3, -0.25) is 25.2 Å². The molecule has 0 radical (unpaired) electrons. The topological polar surface area (TPSA) is 96.5 Å². The first kappa shape index (κ1) is 24.5. The van der Waals surface area contributed by atoms with E-state index in [-0.39, 0.29) is 17.9 Å². The molecule has 0 unspecified atom stereocenters. The Kier molecular flexibility index (Phi) is 7.68. The lowest BCUT2D eigenvalue weighted by Gasteiger charge is -2.19. The second-order valence-electron chi connectivity index (χ2n) is 8.97. The predicted octanol–water partition coefficient (Wildman–Crippen LogP) is 4.38. The molecule has 7 nitrogen and oxygen atoms in total. The fourth-order valence-electron chi connectivity index (χ4n) is 3.12. The van der Waals surface area contributed by atoms with E-state index in [0.717, 1.165) is 11.1 Å². The maximum Gasteiger partial charge on any atom is 0.276 e. The highest BCUT2D eigenvalue weighted by molar-refractivity contribution is 6.04. The van der Waals surface area contributed by atoms with Crippen LogP contribution in [-0.4, -0.2) is 24.3 Å². The highest BCUT2D eigenvalue weighted by Gasteiger charge is 2.15. The Bertz CT molecular complexity index is 1160. The number of rotatable bonds is 6. The molecule has 3 amide bonds. The zero-order valence-electron chi connectivity index (χ0n) is 19.8. The van der Waals surface area contributed by atoms with E-state index in [2.05, 4.69) is 36.9 Å². The fourth-order valence-corrected chi connectivity index (χ4v) is 3.12. The summed E-state index contributed by atoms with van der Waals surface area (Å²) in [6, 6.07) is 21.2. The number of carbonyl (C=O) groups is 3. The molecule has 0 fully saturated rings. The van der Waals surface area contributed by atoms with Crippen molar-refractivity contribution in [3.8, 4) is 5.75 Å². The van der Waals surface area contributed by atoms with Crippen molar-refractivity contribution in [3.63, 3.8) is 0 Å². The van der Waals surface area contributed by atoms with E-state index in [1.54, 1.807) is 42.5 Å². The first-order valence-corrected chi connectivity index (χ1v) is 10.9. The summed E-state index contributed by atoms with van der Waals surface area (Å²) in [5, 5.41) is 2.81. The van der Waals surface area contributed by atoms with Gasteiger partial charge >= 0.3 is 0 Å². The molecule has 0 aliphatic heterocycles. The normalized spacial score (nSPS) is 10.8. The second kappa shape index (κ2) is 10.7. The largest absolute Gasteiger partial charge is 0.484 e. The van der Waals surface area contributed by atoms with Gasteiger partial charge < -0.3 is 10.1 Å². The Morgan fingerprint density at radius 1 is 0.794 bits per heavy atom. The number of hydrogen-bond acceptors (Lipinski definition) is 4. The Morgan fingerprint density at radius 2 is 1.41 bits per heavy atom. The number of benzene rings is 3. The zero-order valence-corrected chi connectivity index (χ0v) is 19.8. The number of ether oxygens (including phenoxy) is 1. The summed E-state index contributed by atoms with van der Waals surface area (Å²) in [4.78, 5) is 36.7. The second-order valence-corrected chi connectivity index (χ2v) is 8.97. The van der Waals surface area contributed by atoms with Crippen molar-refractivity contribution in [1.82, 2.24) is 10.9 Å². The van der Waals surface area contributed by atoms with Gasteiger partial charge in [0.2, 0.25) is 0 Å². The van der Waals surface area contributed by atoms with Crippen molar-refractivity contribution in [2.24, 2.45) is 0 Å². The number of anilines is 1. The van der Waals surface area contributed by atoms with Crippen molar-refractivity contribution in [1.29, 1.82) is 0 Å². The lowest BCUT2D eigenvalue weighted by atomic mass is 9.87. The van der Waals surface area contributed by atoms with E-state index >= 15 is 0 Å². The number of nitrogens with one attached hydrogen (secondary N) is 3. The number of hydrazine groups is 1. The maximum absolute atomic E-state index is 12.5. The summed E-state index contributed by atoms with van der Waals surface area (Å²) in [6.07, 6.45) is 0. The first-order valence-electron chi connectivity index (χ1n) is 10.9. The van der Waals surface area contributed by atoms with Crippen LogP contribution in [0.2, 0.25) is 0 Å². The van der Waals surface area contributed by atoms with E-state index in [1.165, 1.54) is 0 Å². The third kappa shape index (κ3) is 6.93. The third-order valence-corrected chi connectivity index (χ3v) is 5.09. The summed E-state index contributed by atoms with van der Waals surface area (Å²) in [7, 11) is 0. The molecule has 176 valence electrons. The van der Waals surface area contributed by atoms with Gasteiger partial charge in [-0.2, -0.15) is 0 Å². The van der Waals surface area contributed by atoms with Gasteiger partial charge in [-0.05, 0) is 72.0 Å². The lowest BCUT2D eigenvalue weighted by molar-refractivity contribution is -0.123. The third-order valence-electron chi connectivity index (χ3n) is 5.09. The lowest BCUT2D eigenvalue weighted by Crippen LogP contribution is -2.43. The molecular weight excluding hydrogens is 430 g/mol. The zero-order chi connectivity index (χ0) is 24.7. The molecule has 7 heteroatoms. The van der Waals surface area contributed by atoms with Crippen molar-refractivity contribution in [3.05, 3.63) is 95.1 Å². The Labute approximate surface area is 199 Å². The highest BCUT2D eigenvalue weighted by atomic mass is 16.5. The molecular formula is C27H29N3O4. The van der Waals surface area contributed by atoms with Gasteiger partial charge in [-0.1, -0.05) is 45.0 Å². The van der Waals surface area contributed by atoms with Crippen LogP contribution >= 0.6 is 0 Å². The van der Waals surface area contributed by atoms with E-state index < -0.39 is 11.8 Å². The van der Waals surface area contributed by atoms with Crippen LogP contribution in [0.3, 0.4) is 0 Å². The fraction of sp³-hybridized carbons (Fsp3) is 0.222. The van der Waals surface area contributed by atoms with Crippen molar-refractivity contribution >= 4 is 23.4 Å². The van der Waals surface area contributed by atoms with Crippen LogP contribution in [0.1, 0.15) is 52.6 Å². The molecule has 34 heavy (non-hydrogen) atoms. The summed E-state index contributed by atoms with van der Waals surface area (Å²) >= 11 is 0. The average molecular weight is 460 g/mol. The SMILES string of the molecule is Cc1cccc(OCC(=O)NNC(=O)c2ccc(NC(=O)c3ccc(C(C)(C)C)cc3)cc2)c1. The van der Waals surface area contributed by atoms with Crippen LogP contribution in [0.25, 0.3) is 0 Å². The van der Waals surface area contributed by atoms with Gasteiger partial charge in [0.1, 0.15) is 5.75 Å². The molecule has 3 N–H and O–H groups in total. The summed E-state index contributed by atoms with van der Waals surface area (Å²) in [5.74, 6) is -0.640. The van der Waals surface area contributed by atoms with E-state index in [4.69, 9.17) is 4.74 Å². The number of aryl methyl sites for hydroxylation is 1. The Morgan fingerprint density at radius 3 is 2.03 bits per heavy atom. The van der Waals surface area contributed by atoms with Crippen LogP contribution in [-0.2, 0) is 10.2 Å². The van der Waals surface area contributed by atoms with Crippen LogP contribution in [0.5, 0.6) is 5.75 Å². The van der Waals surface area contributed by atoms with Crippen LogP contribution in [0.15, 0.2) is 72.8 Å². The molecule has 3 aromatic carbocycles. The predicted molar refractivity (Wildman–Crippen MR) is 132 cm³/mol. The van der Waals surface area contributed by atoms with E-state index in [0.29, 0.717) is 22.6 Å². The molecule has 0 atom stereocenters. The summed E-state index contributed by atoms with van der Waals surface area (Å²) < 4.78 is 5.40. The van der Waals surface area contributed by atoms with Gasteiger partial charge in [0.05, 0.1) is 0 Å². The summed E-state index contributed by atoms with van der Waals surface area (Å²) in [5.41, 5.74) is 8.26. The van der Waals surface area contributed by atoms with Gasteiger partial charge in [0.25, 0.3) is 17.7 Å². The quantitative estimate of drug-likeness (QED) is 0.477. The van der Waals surface area contributed by atoms with E-state index in [1.807, 2.05) is 37.3 Å². The molecule has 0 aromatic heterocycles. The van der Waals surface area contributed by atoms with Gasteiger partial charge in [0.15, 0.2) is 6.61 Å². The van der Waals surface area contributed by atoms with Gasteiger partial charge in [-0.15, -0.1) is 0 Å². The maximum atomic E-state index is 12.5. The van der Waals surface area contributed by atoms with Gasteiger partial charge in [-0.25, -0.2) is 0 Å². The molecule has 3 aromatic rings. The van der Waals surface area contributed by atoms with E-state index in [9.17, 15) is 14.4 Å². The van der Waals surface area contributed by atoms with Crippen LogP contribution in [0.4, 0.5) is 5.69 Å². The molecule has 0 saturated carbocycles. The monoisotopic (exact) mass is 459 g/mol. The average Bonchev–Trinajstić information content (AvgIpc) is 2.81. The minimum Gasteiger partial charge on any atom is -0.484 e. The number of hydrogen-bond donors (Lipinski definition) is 3. The molecule has 0 aliphatic carbocycles. The van der Waals surface area contributed by atoms with Crippen molar-refractivity contribution < 1.29 is 19.1 Å². The Balaban J connectivity index is 1.48. The smallest absolute Gasteiger partial charge is 0.276 e. The molecule has 0 bridgehead atoms. The van der Waals surface area contributed by atoms with Crippen LogP contribution in [0, 0.1) is 6.92 Å². The first-order chi connectivity index (χ1) is 16.1. The Hall–Kier alpha value is -4.13.